The molecule has 88 valence electrons. The van der Waals surface area contributed by atoms with Crippen LogP contribution in [0.3, 0.4) is 0 Å². The SMILES string of the molecule is Cn1nnc(CN2CCCCC2C(=O)O)n1. The molecule has 1 aliphatic rings. The fourth-order valence-corrected chi connectivity index (χ4v) is 2.03. The Morgan fingerprint density at radius 1 is 1.56 bits per heavy atom. The van der Waals surface area contributed by atoms with Gasteiger partial charge in [-0.05, 0) is 24.6 Å². The van der Waals surface area contributed by atoms with Crippen LogP contribution in [-0.2, 0) is 18.4 Å². The molecule has 0 aromatic carbocycles. The zero-order valence-electron chi connectivity index (χ0n) is 9.20. The molecule has 1 aromatic rings. The lowest BCUT2D eigenvalue weighted by Gasteiger charge is -2.31. The minimum Gasteiger partial charge on any atom is -0.480 e. The Balaban J connectivity index is 2.03. The second-order valence-corrected chi connectivity index (χ2v) is 4.02. The van der Waals surface area contributed by atoms with E-state index in [2.05, 4.69) is 15.4 Å². The summed E-state index contributed by atoms with van der Waals surface area (Å²) < 4.78 is 0. The van der Waals surface area contributed by atoms with Crippen LogP contribution in [0.15, 0.2) is 0 Å². The van der Waals surface area contributed by atoms with Gasteiger partial charge in [0.15, 0.2) is 5.82 Å². The Bertz CT molecular complexity index is 378. The zero-order chi connectivity index (χ0) is 11.5. The Hall–Kier alpha value is -1.50. The highest BCUT2D eigenvalue weighted by atomic mass is 16.4. The number of aryl methyl sites for hydroxylation is 1. The summed E-state index contributed by atoms with van der Waals surface area (Å²) in [7, 11) is 1.70. The van der Waals surface area contributed by atoms with Gasteiger partial charge in [0.25, 0.3) is 0 Å². The van der Waals surface area contributed by atoms with Gasteiger partial charge in [0.1, 0.15) is 6.04 Å². The van der Waals surface area contributed by atoms with Crippen LogP contribution in [0.2, 0.25) is 0 Å². The van der Waals surface area contributed by atoms with Gasteiger partial charge in [0.05, 0.1) is 13.6 Å². The average Bonchev–Trinajstić information content (AvgIpc) is 2.64. The number of likely N-dealkylation sites (tertiary alicyclic amines) is 1. The summed E-state index contributed by atoms with van der Waals surface area (Å²) in [5.74, 6) is -0.181. The maximum absolute atomic E-state index is 11.1. The Kier molecular flexibility index (Phi) is 3.14. The summed E-state index contributed by atoms with van der Waals surface area (Å²) in [4.78, 5) is 14.3. The third kappa shape index (κ3) is 2.35. The average molecular weight is 225 g/mol. The van der Waals surface area contributed by atoms with E-state index < -0.39 is 12.0 Å². The van der Waals surface area contributed by atoms with Crippen molar-refractivity contribution in [3.05, 3.63) is 5.82 Å². The number of aromatic nitrogens is 4. The van der Waals surface area contributed by atoms with Gasteiger partial charge in [-0.15, -0.1) is 10.2 Å². The van der Waals surface area contributed by atoms with E-state index in [4.69, 9.17) is 5.11 Å². The minimum absolute atomic E-state index is 0.405. The van der Waals surface area contributed by atoms with E-state index in [1.165, 1.54) is 4.80 Å². The molecule has 16 heavy (non-hydrogen) atoms. The number of hydrogen-bond donors (Lipinski definition) is 1. The summed E-state index contributed by atoms with van der Waals surface area (Å²) in [6, 6.07) is -0.405. The molecule has 2 rings (SSSR count). The third-order valence-electron chi connectivity index (χ3n) is 2.79. The van der Waals surface area contributed by atoms with E-state index in [0.717, 1.165) is 19.4 Å². The lowest BCUT2D eigenvalue weighted by molar-refractivity contribution is -0.144. The highest BCUT2D eigenvalue weighted by molar-refractivity contribution is 5.73. The van der Waals surface area contributed by atoms with Crippen molar-refractivity contribution >= 4 is 5.97 Å². The van der Waals surface area contributed by atoms with Crippen molar-refractivity contribution in [2.24, 2.45) is 7.05 Å². The summed E-state index contributed by atoms with van der Waals surface area (Å²) >= 11 is 0. The molecule has 1 atom stereocenters. The number of rotatable bonds is 3. The van der Waals surface area contributed by atoms with Crippen LogP contribution < -0.4 is 0 Å². The molecule has 7 nitrogen and oxygen atoms in total. The number of aliphatic carboxylic acids is 1. The van der Waals surface area contributed by atoms with Gasteiger partial charge < -0.3 is 5.11 Å². The molecule has 1 fully saturated rings. The number of nitrogens with zero attached hydrogens (tertiary/aromatic N) is 5. The quantitative estimate of drug-likeness (QED) is 0.757. The number of tetrazole rings is 1. The summed E-state index contributed by atoms with van der Waals surface area (Å²) in [5.41, 5.74) is 0. The molecule has 2 heterocycles. The highest BCUT2D eigenvalue weighted by Gasteiger charge is 2.29. The Morgan fingerprint density at radius 2 is 2.38 bits per heavy atom. The fraction of sp³-hybridized carbons (Fsp3) is 0.778. The molecule has 1 aliphatic heterocycles. The van der Waals surface area contributed by atoms with Crippen molar-refractivity contribution in [2.75, 3.05) is 6.54 Å². The van der Waals surface area contributed by atoms with Crippen LogP contribution in [0.1, 0.15) is 25.1 Å². The second kappa shape index (κ2) is 4.56. The van der Waals surface area contributed by atoms with Crippen molar-refractivity contribution in [2.45, 2.75) is 31.8 Å². The first-order chi connectivity index (χ1) is 7.66. The highest BCUT2D eigenvalue weighted by Crippen LogP contribution is 2.18. The molecule has 0 saturated carbocycles. The van der Waals surface area contributed by atoms with Gasteiger partial charge in [-0.2, -0.15) is 4.80 Å². The minimum atomic E-state index is -0.761. The first-order valence-electron chi connectivity index (χ1n) is 5.36. The van der Waals surface area contributed by atoms with E-state index >= 15 is 0 Å². The monoisotopic (exact) mass is 225 g/mol. The van der Waals surface area contributed by atoms with Crippen molar-refractivity contribution in [3.8, 4) is 0 Å². The summed E-state index contributed by atoms with van der Waals surface area (Å²) in [5, 5.41) is 20.8. The second-order valence-electron chi connectivity index (χ2n) is 4.02. The Labute approximate surface area is 93.0 Å². The lowest BCUT2D eigenvalue weighted by atomic mass is 10.0. The molecular weight excluding hydrogens is 210 g/mol. The Morgan fingerprint density at radius 3 is 3.00 bits per heavy atom. The predicted octanol–water partition coefficient (Wildman–Crippen LogP) is -0.351. The van der Waals surface area contributed by atoms with Gasteiger partial charge in [-0.25, -0.2) is 0 Å². The predicted molar refractivity (Wildman–Crippen MR) is 54.5 cm³/mol. The number of hydrogen-bond acceptors (Lipinski definition) is 5. The molecule has 1 saturated heterocycles. The number of carboxylic acid groups (broad SMARTS) is 1. The van der Waals surface area contributed by atoms with Crippen LogP contribution in [0.25, 0.3) is 0 Å². The standard InChI is InChI=1S/C9H15N5O2/c1-13-11-8(10-12-13)6-14-5-3-2-4-7(14)9(15)16/h7H,2-6H2,1H3,(H,15,16). The largest absolute Gasteiger partial charge is 0.480 e. The van der Waals surface area contributed by atoms with Gasteiger partial charge in [0, 0.05) is 0 Å². The van der Waals surface area contributed by atoms with Crippen LogP contribution in [0.5, 0.6) is 0 Å². The molecule has 1 aromatic heterocycles. The van der Waals surface area contributed by atoms with E-state index in [1.54, 1.807) is 7.05 Å². The lowest BCUT2D eigenvalue weighted by Crippen LogP contribution is -2.44. The molecule has 1 unspecified atom stereocenters. The van der Waals surface area contributed by atoms with E-state index in [-0.39, 0.29) is 0 Å². The van der Waals surface area contributed by atoms with Crippen molar-refractivity contribution in [3.63, 3.8) is 0 Å². The van der Waals surface area contributed by atoms with Crippen LogP contribution in [0, 0.1) is 0 Å². The molecule has 1 N–H and O–H groups in total. The van der Waals surface area contributed by atoms with E-state index in [0.29, 0.717) is 18.8 Å². The summed E-state index contributed by atoms with van der Waals surface area (Å²) in [6.07, 6.45) is 2.71. The van der Waals surface area contributed by atoms with E-state index in [1.807, 2.05) is 4.90 Å². The molecule has 0 aliphatic carbocycles. The zero-order valence-corrected chi connectivity index (χ0v) is 9.20. The molecule has 0 bridgehead atoms. The third-order valence-corrected chi connectivity index (χ3v) is 2.79. The van der Waals surface area contributed by atoms with Gasteiger partial charge in [-0.1, -0.05) is 6.42 Å². The number of piperidine rings is 1. The van der Waals surface area contributed by atoms with Crippen LogP contribution in [-0.4, -0.2) is 48.8 Å². The van der Waals surface area contributed by atoms with Gasteiger partial charge >= 0.3 is 5.97 Å². The van der Waals surface area contributed by atoms with Crippen molar-refractivity contribution in [1.29, 1.82) is 0 Å². The number of carboxylic acids is 1. The number of carbonyl (C=O) groups is 1. The first-order valence-corrected chi connectivity index (χ1v) is 5.36. The first kappa shape index (κ1) is 11.0. The maximum atomic E-state index is 11.1. The normalized spacial score (nSPS) is 22.2. The van der Waals surface area contributed by atoms with Crippen molar-refractivity contribution < 1.29 is 9.90 Å². The smallest absolute Gasteiger partial charge is 0.320 e. The van der Waals surface area contributed by atoms with Gasteiger partial charge in [0.2, 0.25) is 0 Å². The van der Waals surface area contributed by atoms with Crippen LogP contribution in [0.4, 0.5) is 0 Å². The summed E-state index contributed by atoms with van der Waals surface area (Å²) in [6.45, 7) is 1.25. The molecule has 0 spiro atoms. The van der Waals surface area contributed by atoms with Crippen molar-refractivity contribution in [1.82, 2.24) is 25.1 Å². The maximum Gasteiger partial charge on any atom is 0.320 e. The van der Waals surface area contributed by atoms with Crippen LogP contribution >= 0.6 is 0 Å². The van der Waals surface area contributed by atoms with E-state index in [9.17, 15) is 4.79 Å². The topological polar surface area (TPSA) is 84.1 Å². The molecule has 0 radical (unpaired) electrons. The molecule has 0 amide bonds. The fourth-order valence-electron chi connectivity index (χ4n) is 2.03. The van der Waals surface area contributed by atoms with Gasteiger partial charge in [-0.3, -0.25) is 9.69 Å². The molecular formula is C9H15N5O2. The molecule has 7 heteroatoms.